The van der Waals surface area contributed by atoms with E-state index in [1.807, 2.05) is 6.92 Å². The predicted octanol–water partition coefficient (Wildman–Crippen LogP) is 2.71. The first-order valence-corrected chi connectivity index (χ1v) is 12.2. The van der Waals surface area contributed by atoms with Crippen LogP contribution >= 0.6 is 19.4 Å². The summed E-state index contributed by atoms with van der Waals surface area (Å²) in [5.74, 6) is -2.85. The van der Waals surface area contributed by atoms with E-state index < -0.39 is 50.9 Å². The van der Waals surface area contributed by atoms with Gasteiger partial charge in [-0.2, -0.15) is 11.8 Å². The Hall–Kier alpha value is -1.13. The number of carboxylic acid groups (broad SMARTS) is 1. The quantitative estimate of drug-likeness (QED) is 0.241. The number of esters is 2. The summed E-state index contributed by atoms with van der Waals surface area (Å²) >= 11 is 1.37. The van der Waals surface area contributed by atoms with E-state index in [0.29, 0.717) is 12.2 Å². The van der Waals surface area contributed by atoms with Crippen LogP contribution in [0.1, 0.15) is 52.9 Å². The second-order valence-electron chi connectivity index (χ2n) is 6.29. The molecule has 0 aromatic carbocycles. The number of unbranched alkanes of at least 4 members (excludes halogenated alkanes) is 1. The molecule has 1 fully saturated rings. The van der Waals surface area contributed by atoms with Crippen molar-refractivity contribution in [1.29, 1.82) is 0 Å². The van der Waals surface area contributed by atoms with Gasteiger partial charge in [0, 0.05) is 23.8 Å². The van der Waals surface area contributed by atoms with Gasteiger partial charge in [0.1, 0.15) is 11.8 Å². The zero-order chi connectivity index (χ0) is 21.9. The predicted molar refractivity (Wildman–Crippen MR) is 106 cm³/mol. The molecule has 2 N–H and O–H groups in total. The van der Waals surface area contributed by atoms with Crippen LogP contribution in [0.5, 0.6) is 0 Å². The van der Waals surface area contributed by atoms with Gasteiger partial charge in [-0.3, -0.25) is 33.3 Å². The molecule has 10 nitrogen and oxygen atoms in total. The monoisotopic (exact) mass is 455 g/mol. The van der Waals surface area contributed by atoms with E-state index in [1.165, 1.54) is 11.8 Å². The van der Waals surface area contributed by atoms with Gasteiger partial charge in [0.15, 0.2) is 0 Å². The number of thioether (sulfide) groups is 1. The zero-order valence-corrected chi connectivity index (χ0v) is 18.7. The summed E-state index contributed by atoms with van der Waals surface area (Å²) in [5.41, 5.74) is 0. The van der Waals surface area contributed by atoms with Crippen LogP contribution in [0, 0.1) is 0 Å². The number of aliphatic carboxylic acids is 1. The molecule has 12 heteroatoms. The molecule has 1 rings (SSSR count). The molecular weight excluding hydrogens is 425 g/mol. The average molecular weight is 455 g/mol. The molecule has 1 aliphatic heterocycles. The SMILES string of the molecule is CCCC[C@@H]1SC[C@@H](C(=O)O)N[C@@H]1P(=O)(OCOC(=O)CC)OCOC(=O)CC. The topological polar surface area (TPSA) is 137 Å². The lowest BCUT2D eigenvalue weighted by Crippen LogP contribution is -2.53. The van der Waals surface area contributed by atoms with Crippen molar-refractivity contribution in [3.05, 3.63) is 0 Å². The van der Waals surface area contributed by atoms with Crippen LogP contribution in [0.3, 0.4) is 0 Å². The molecule has 0 aromatic rings. The Morgan fingerprint density at radius 2 is 1.62 bits per heavy atom. The summed E-state index contributed by atoms with van der Waals surface area (Å²) < 4.78 is 33.9. The van der Waals surface area contributed by atoms with Crippen molar-refractivity contribution < 1.29 is 42.6 Å². The summed E-state index contributed by atoms with van der Waals surface area (Å²) in [6.07, 6.45) is 2.62. The molecule has 0 aliphatic carbocycles. The van der Waals surface area contributed by atoms with Crippen molar-refractivity contribution in [3.8, 4) is 0 Å². The Balaban J connectivity index is 3.00. The molecule has 3 atom stereocenters. The van der Waals surface area contributed by atoms with Crippen molar-refractivity contribution in [2.75, 3.05) is 19.3 Å². The first kappa shape index (κ1) is 25.9. The molecule has 1 aliphatic rings. The van der Waals surface area contributed by atoms with Crippen molar-refractivity contribution in [3.63, 3.8) is 0 Å². The summed E-state index contributed by atoms with van der Waals surface area (Å²) in [6, 6.07) is -0.945. The first-order valence-electron chi connectivity index (χ1n) is 9.57. The van der Waals surface area contributed by atoms with Gasteiger partial charge >= 0.3 is 25.5 Å². The molecule has 0 saturated carbocycles. The van der Waals surface area contributed by atoms with Gasteiger partial charge in [-0.15, -0.1) is 0 Å². The van der Waals surface area contributed by atoms with Crippen LogP contribution in [0.4, 0.5) is 0 Å². The van der Waals surface area contributed by atoms with E-state index in [2.05, 4.69) is 5.32 Å². The second kappa shape index (κ2) is 13.2. The molecule has 0 aromatic heterocycles. The largest absolute Gasteiger partial charge is 0.480 e. The number of carbonyl (C=O) groups excluding carboxylic acids is 2. The zero-order valence-electron chi connectivity index (χ0n) is 17.0. The highest BCUT2D eigenvalue weighted by atomic mass is 32.2. The summed E-state index contributed by atoms with van der Waals surface area (Å²) in [4.78, 5) is 34.2. The second-order valence-corrected chi connectivity index (χ2v) is 9.71. The Morgan fingerprint density at radius 3 is 2.07 bits per heavy atom. The first-order chi connectivity index (χ1) is 13.8. The van der Waals surface area contributed by atoms with Gasteiger partial charge in [0.05, 0.1) is 0 Å². The maximum absolute atomic E-state index is 13.6. The molecule has 168 valence electrons. The molecule has 0 unspecified atom stereocenters. The fraction of sp³-hybridized carbons (Fsp3) is 0.824. The third-order valence-electron chi connectivity index (χ3n) is 4.16. The van der Waals surface area contributed by atoms with Gasteiger partial charge in [-0.1, -0.05) is 33.6 Å². The minimum Gasteiger partial charge on any atom is -0.480 e. The highest BCUT2D eigenvalue weighted by Gasteiger charge is 2.47. The van der Waals surface area contributed by atoms with Crippen molar-refractivity contribution in [2.24, 2.45) is 0 Å². The van der Waals surface area contributed by atoms with E-state index >= 15 is 0 Å². The van der Waals surface area contributed by atoms with Crippen LogP contribution in [-0.2, 0) is 37.5 Å². The third kappa shape index (κ3) is 8.64. The number of ether oxygens (including phenoxy) is 2. The normalized spacial score (nSPS) is 22.1. The fourth-order valence-electron chi connectivity index (χ4n) is 2.49. The van der Waals surface area contributed by atoms with Gasteiger partial charge in [0.2, 0.25) is 13.6 Å². The summed E-state index contributed by atoms with van der Waals surface area (Å²) in [5, 5.41) is 12.0. The molecule has 0 spiro atoms. The number of carbonyl (C=O) groups is 3. The molecule has 0 radical (unpaired) electrons. The Morgan fingerprint density at radius 1 is 1.07 bits per heavy atom. The van der Waals surface area contributed by atoms with Crippen LogP contribution in [0.25, 0.3) is 0 Å². The number of hydrogen-bond acceptors (Lipinski definition) is 10. The minimum atomic E-state index is -4.05. The Kier molecular flexibility index (Phi) is 11.8. The van der Waals surface area contributed by atoms with E-state index in [1.54, 1.807) is 13.8 Å². The average Bonchev–Trinajstić information content (AvgIpc) is 2.71. The molecule has 0 bridgehead atoms. The van der Waals surface area contributed by atoms with Gasteiger partial charge in [-0.05, 0) is 6.42 Å². The van der Waals surface area contributed by atoms with E-state index in [4.69, 9.17) is 18.5 Å². The summed E-state index contributed by atoms with van der Waals surface area (Å²) in [7, 11) is -4.05. The lowest BCUT2D eigenvalue weighted by atomic mass is 10.2. The van der Waals surface area contributed by atoms with Gasteiger partial charge < -0.3 is 14.6 Å². The number of nitrogens with one attached hydrogen (secondary N) is 1. The van der Waals surface area contributed by atoms with Crippen LogP contribution < -0.4 is 5.32 Å². The maximum atomic E-state index is 13.6. The molecule has 1 saturated heterocycles. The number of hydrogen-bond donors (Lipinski definition) is 2. The van der Waals surface area contributed by atoms with Crippen molar-refractivity contribution in [1.82, 2.24) is 5.32 Å². The van der Waals surface area contributed by atoms with E-state index in [0.717, 1.165) is 12.8 Å². The lowest BCUT2D eigenvalue weighted by Gasteiger charge is -2.38. The molecule has 0 amide bonds. The standard InChI is InChI=1S/C17H30NO9PS/c1-4-7-8-13-16(18-12(9-29-13)17(21)22)28(23,26-10-24-14(19)5-2)27-11-25-15(20)6-3/h12-13,16,18H,4-11H2,1-3H3,(H,21,22)/t12-,13-,16+/m0/s1. The molecule has 1 heterocycles. The number of carboxylic acids is 1. The molecule has 29 heavy (non-hydrogen) atoms. The van der Waals surface area contributed by atoms with E-state index in [-0.39, 0.29) is 18.1 Å². The van der Waals surface area contributed by atoms with Crippen molar-refractivity contribution >= 4 is 37.3 Å². The fourth-order valence-corrected chi connectivity index (χ4v) is 6.18. The minimum absolute atomic E-state index is 0.111. The highest BCUT2D eigenvalue weighted by molar-refractivity contribution is 8.00. The lowest BCUT2D eigenvalue weighted by molar-refractivity contribution is -0.152. The smallest absolute Gasteiger partial charge is 0.354 e. The van der Waals surface area contributed by atoms with Crippen LogP contribution in [0.2, 0.25) is 0 Å². The van der Waals surface area contributed by atoms with Gasteiger partial charge in [-0.25, -0.2) is 0 Å². The van der Waals surface area contributed by atoms with Gasteiger partial charge in [0.25, 0.3) is 0 Å². The highest BCUT2D eigenvalue weighted by Crippen LogP contribution is 2.56. The van der Waals surface area contributed by atoms with Crippen LogP contribution in [0.15, 0.2) is 0 Å². The van der Waals surface area contributed by atoms with Crippen molar-refractivity contribution in [2.45, 2.75) is 70.0 Å². The number of rotatable bonds is 13. The Labute approximate surface area is 174 Å². The maximum Gasteiger partial charge on any atom is 0.354 e. The van der Waals surface area contributed by atoms with Crippen LogP contribution in [-0.4, -0.2) is 59.4 Å². The summed E-state index contributed by atoms with van der Waals surface area (Å²) in [6.45, 7) is 3.97. The molecular formula is C17H30NO9PS. The Bertz CT molecular complexity index is 577. The third-order valence-corrected chi connectivity index (χ3v) is 7.95. The van der Waals surface area contributed by atoms with E-state index in [9.17, 15) is 24.1 Å².